The second kappa shape index (κ2) is 9.18. The summed E-state index contributed by atoms with van der Waals surface area (Å²) in [5, 5.41) is 0.449. The van der Waals surface area contributed by atoms with E-state index in [0.29, 0.717) is 35.8 Å². The number of hydrogen-bond acceptors (Lipinski definition) is 4. The van der Waals surface area contributed by atoms with E-state index in [1.54, 1.807) is 42.2 Å². The van der Waals surface area contributed by atoms with Gasteiger partial charge in [-0.2, -0.15) is 0 Å². The summed E-state index contributed by atoms with van der Waals surface area (Å²) >= 11 is 6.08. The van der Waals surface area contributed by atoms with Gasteiger partial charge in [0.05, 0.1) is 19.8 Å². The molecule has 1 heterocycles. The number of rotatable bonds is 6. The van der Waals surface area contributed by atoms with Crippen LogP contribution in [0.2, 0.25) is 5.02 Å². The SMILES string of the molecule is COc1ccccc1CN(C)C(=O)[C@@H]1CCCN1C(=O)c1cc(Cl)ccc1OC. The van der Waals surface area contributed by atoms with Gasteiger partial charge in [0.2, 0.25) is 5.91 Å². The van der Waals surface area contributed by atoms with Crippen molar-refractivity contribution in [3.8, 4) is 11.5 Å². The van der Waals surface area contributed by atoms with Gasteiger partial charge >= 0.3 is 0 Å². The number of likely N-dealkylation sites (tertiary alicyclic amines) is 1. The van der Waals surface area contributed by atoms with Gasteiger partial charge in [0.15, 0.2) is 0 Å². The number of halogens is 1. The summed E-state index contributed by atoms with van der Waals surface area (Å²) in [7, 11) is 4.86. The third kappa shape index (κ3) is 4.48. The molecule has 1 aliphatic rings. The van der Waals surface area contributed by atoms with Crippen LogP contribution < -0.4 is 9.47 Å². The molecule has 2 amide bonds. The molecule has 0 saturated carbocycles. The Morgan fingerprint density at radius 2 is 1.86 bits per heavy atom. The molecule has 0 unspecified atom stereocenters. The minimum atomic E-state index is -0.508. The van der Waals surface area contributed by atoms with E-state index in [9.17, 15) is 9.59 Å². The van der Waals surface area contributed by atoms with E-state index in [4.69, 9.17) is 21.1 Å². The Labute approximate surface area is 176 Å². The molecule has 29 heavy (non-hydrogen) atoms. The fraction of sp³-hybridized carbons (Fsp3) is 0.364. The van der Waals surface area contributed by atoms with Crippen molar-refractivity contribution in [2.24, 2.45) is 0 Å². The minimum absolute atomic E-state index is 0.0947. The van der Waals surface area contributed by atoms with E-state index in [-0.39, 0.29) is 11.8 Å². The monoisotopic (exact) mass is 416 g/mol. The van der Waals surface area contributed by atoms with E-state index in [1.807, 2.05) is 24.3 Å². The highest BCUT2D eigenvalue weighted by molar-refractivity contribution is 6.31. The molecule has 2 aromatic rings. The fourth-order valence-electron chi connectivity index (χ4n) is 3.69. The van der Waals surface area contributed by atoms with Gasteiger partial charge < -0.3 is 19.3 Å². The highest BCUT2D eigenvalue weighted by atomic mass is 35.5. The van der Waals surface area contributed by atoms with Gasteiger partial charge in [-0.15, -0.1) is 0 Å². The normalized spacial score (nSPS) is 15.9. The largest absolute Gasteiger partial charge is 0.496 e. The number of carbonyl (C=O) groups is 2. The third-order valence-electron chi connectivity index (χ3n) is 5.17. The van der Waals surface area contributed by atoms with Gasteiger partial charge in [0, 0.05) is 30.7 Å². The average molecular weight is 417 g/mol. The van der Waals surface area contributed by atoms with Crippen LogP contribution in [0.3, 0.4) is 0 Å². The molecule has 0 aliphatic carbocycles. The number of benzene rings is 2. The van der Waals surface area contributed by atoms with Gasteiger partial charge in [-0.25, -0.2) is 0 Å². The van der Waals surface area contributed by atoms with Crippen LogP contribution in [0.1, 0.15) is 28.8 Å². The number of hydrogen-bond donors (Lipinski definition) is 0. The van der Waals surface area contributed by atoms with Crippen LogP contribution in [0.25, 0.3) is 0 Å². The van der Waals surface area contributed by atoms with E-state index in [0.717, 1.165) is 17.7 Å². The van der Waals surface area contributed by atoms with Crippen LogP contribution in [0.5, 0.6) is 11.5 Å². The predicted octanol–water partition coefficient (Wildman–Crippen LogP) is 3.62. The maximum absolute atomic E-state index is 13.2. The number of amides is 2. The number of ether oxygens (including phenoxy) is 2. The number of likely N-dealkylation sites (N-methyl/N-ethyl adjacent to an activating group) is 1. The Bertz CT molecular complexity index is 902. The zero-order valence-electron chi connectivity index (χ0n) is 16.9. The molecule has 6 nitrogen and oxygen atoms in total. The van der Waals surface area contributed by atoms with E-state index < -0.39 is 6.04 Å². The molecular formula is C22H25ClN2O4. The second-order valence-electron chi connectivity index (χ2n) is 7.01. The van der Waals surface area contributed by atoms with Crippen molar-refractivity contribution in [1.82, 2.24) is 9.80 Å². The van der Waals surface area contributed by atoms with Crippen molar-refractivity contribution in [2.75, 3.05) is 27.8 Å². The number of nitrogens with zero attached hydrogens (tertiary/aromatic N) is 2. The Balaban J connectivity index is 1.78. The third-order valence-corrected chi connectivity index (χ3v) is 5.40. The summed E-state index contributed by atoms with van der Waals surface area (Å²) < 4.78 is 10.7. The van der Waals surface area contributed by atoms with Crippen molar-refractivity contribution in [2.45, 2.75) is 25.4 Å². The van der Waals surface area contributed by atoms with Gasteiger partial charge in [0.25, 0.3) is 5.91 Å². The first-order chi connectivity index (χ1) is 14.0. The van der Waals surface area contributed by atoms with Gasteiger partial charge in [-0.1, -0.05) is 29.8 Å². The van der Waals surface area contributed by atoms with Crippen LogP contribution in [0.15, 0.2) is 42.5 Å². The molecule has 1 saturated heterocycles. The molecule has 1 aliphatic heterocycles. The Kier molecular flexibility index (Phi) is 6.64. The Morgan fingerprint density at radius 1 is 1.14 bits per heavy atom. The summed E-state index contributed by atoms with van der Waals surface area (Å²) in [6.07, 6.45) is 1.40. The molecule has 2 aromatic carbocycles. The van der Waals surface area contributed by atoms with E-state index >= 15 is 0 Å². The molecule has 0 radical (unpaired) electrons. The summed E-state index contributed by atoms with van der Waals surface area (Å²) in [4.78, 5) is 29.6. The summed E-state index contributed by atoms with van der Waals surface area (Å²) in [6, 6.07) is 12.0. The maximum Gasteiger partial charge on any atom is 0.258 e. The molecule has 0 bridgehead atoms. The van der Waals surface area contributed by atoms with Crippen LogP contribution >= 0.6 is 11.6 Å². The molecule has 1 fully saturated rings. The van der Waals surface area contributed by atoms with Crippen molar-refractivity contribution in [1.29, 1.82) is 0 Å². The van der Waals surface area contributed by atoms with E-state index in [2.05, 4.69) is 0 Å². The Hall–Kier alpha value is -2.73. The molecule has 7 heteroatoms. The first-order valence-electron chi connectivity index (χ1n) is 9.47. The second-order valence-corrected chi connectivity index (χ2v) is 7.44. The highest BCUT2D eigenvalue weighted by Gasteiger charge is 2.37. The standard InChI is InChI=1S/C22H25ClN2O4/c1-24(14-15-7-4-5-9-19(15)28-2)22(27)18-8-6-12-25(18)21(26)17-13-16(23)10-11-20(17)29-3/h4-5,7,9-11,13,18H,6,8,12,14H2,1-3H3/t18-/m0/s1. The van der Waals surface area contributed by atoms with Crippen molar-refractivity contribution >= 4 is 23.4 Å². The summed E-state index contributed by atoms with van der Waals surface area (Å²) in [5.41, 5.74) is 1.28. The highest BCUT2D eigenvalue weighted by Crippen LogP contribution is 2.29. The number of methoxy groups -OCH3 is 2. The minimum Gasteiger partial charge on any atom is -0.496 e. The molecule has 154 valence electrons. The first-order valence-corrected chi connectivity index (χ1v) is 9.85. The smallest absolute Gasteiger partial charge is 0.258 e. The number of carbonyl (C=O) groups excluding carboxylic acids is 2. The topological polar surface area (TPSA) is 59.1 Å². The van der Waals surface area contributed by atoms with Gasteiger partial charge in [-0.3, -0.25) is 9.59 Å². The lowest BCUT2D eigenvalue weighted by Gasteiger charge is -2.29. The van der Waals surface area contributed by atoms with Gasteiger partial charge in [-0.05, 0) is 37.1 Å². The van der Waals surface area contributed by atoms with Crippen LogP contribution in [-0.4, -0.2) is 55.5 Å². The van der Waals surface area contributed by atoms with Gasteiger partial charge in [0.1, 0.15) is 17.5 Å². The van der Waals surface area contributed by atoms with Crippen molar-refractivity contribution in [3.05, 3.63) is 58.6 Å². The lowest BCUT2D eigenvalue weighted by Crippen LogP contribution is -2.46. The molecule has 3 rings (SSSR count). The molecule has 0 N–H and O–H groups in total. The van der Waals surface area contributed by atoms with Crippen LogP contribution in [-0.2, 0) is 11.3 Å². The van der Waals surface area contributed by atoms with Crippen LogP contribution in [0.4, 0.5) is 0 Å². The lowest BCUT2D eigenvalue weighted by molar-refractivity contribution is -0.134. The summed E-state index contributed by atoms with van der Waals surface area (Å²) in [5.74, 6) is 0.837. The molecular weight excluding hydrogens is 392 g/mol. The molecule has 1 atom stereocenters. The maximum atomic E-state index is 13.2. The number of para-hydroxylation sites is 1. The van der Waals surface area contributed by atoms with E-state index in [1.165, 1.54) is 7.11 Å². The van der Waals surface area contributed by atoms with Crippen LogP contribution in [0, 0.1) is 0 Å². The van der Waals surface area contributed by atoms with Crippen molar-refractivity contribution < 1.29 is 19.1 Å². The first kappa shape index (κ1) is 21.0. The lowest BCUT2D eigenvalue weighted by atomic mass is 10.1. The molecule has 0 spiro atoms. The molecule has 0 aromatic heterocycles. The predicted molar refractivity (Wildman–Crippen MR) is 112 cm³/mol. The zero-order valence-corrected chi connectivity index (χ0v) is 17.6. The van der Waals surface area contributed by atoms with Crippen molar-refractivity contribution in [3.63, 3.8) is 0 Å². The zero-order chi connectivity index (χ0) is 21.0. The average Bonchev–Trinajstić information content (AvgIpc) is 3.22. The fourth-order valence-corrected chi connectivity index (χ4v) is 3.86. The Morgan fingerprint density at radius 3 is 2.59 bits per heavy atom. The summed E-state index contributed by atoms with van der Waals surface area (Å²) in [6.45, 7) is 0.926. The quantitative estimate of drug-likeness (QED) is 0.721.